The summed E-state index contributed by atoms with van der Waals surface area (Å²) in [5.74, 6) is 0.938. The third-order valence-electron chi connectivity index (χ3n) is 4.28. The van der Waals surface area contributed by atoms with Gasteiger partial charge in [0.25, 0.3) is 0 Å². The van der Waals surface area contributed by atoms with E-state index in [0.29, 0.717) is 6.04 Å². The van der Waals surface area contributed by atoms with E-state index < -0.39 is 0 Å². The standard InChI is InChI=1S/C15H28N4.HI/c1-16-15(18-13-7-3-4-8-13)17-11-12-19(2)14-9-5-6-10-14;/h3-4,13-14H,5-12H2,1-2H3,(H2,16,17,18);1H. The molecule has 0 radical (unpaired) electrons. The van der Waals surface area contributed by atoms with E-state index in [1.54, 1.807) is 0 Å². The predicted molar refractivity (Wildman–Crippen MR) is 97.0 cm³/mol. The lowest BCUT2D eigenvalue weighted by Gasteiger charge is -2.25. The Labute approximate surface area is 140 Å². The summed E-state index contributed by atoms with van der Waals surface area (Å²) >= 11 is 0. The number of nitrogens with one attached hydrogen (secondary N) is 2. The molecule has 1 saturated carbocycles. The number of rotatable bonds is 5. The zero-order valence-electron chi connectivity index (χ0n) is 12.8. The maximum Gasteiger partial charge on any atom is 0.191 e. The molecule has 0 aromatic carbocycles. The molecule has 0 atom stereocenters. The minimum atomic E-state index is 0. The van der Waals surface area contributed by atoms with Crippen LogP contribution in [-0.2, 0) is 0 Å². The van der Waals surface area contributed by atoms with Gasteiger partial charge >= 0.3 is 0 Å². The second-order valence-electron chi connectivity index (χ2n) is 5.70. The van der Waals surface area contributed by atoms with E-state index in [0.717, 1.165) is 37.9 Å². The van der Waals surface area contributed by atoms with Crippen molar-refractivity contribution in [2.75, 3.05) is 27.2 Å². The van der Waals surface area contributed by atoms with Gasteiger partial charge in [-0.05, 0) is 32.7 Å². The van der Waals surface area contributed by atoms with Crippen molar-refractivity contribution in [3.63, 3.8) is 0 Å². The fourth-order valence-electron chi connectivity index (χ4n) is 3.00. The van der Waals surface area contributed by atoms with Gasteiger partial charge in [0, 0.05) is 32.2 Å². The minimum absolute atomic E-state index is 0. The van der Waals surface area contributed by atoms with Crippen LogP contribution < -0.4 is 10.6 Å². The van der Waals surface area contributed by atoms with Crippen LogP contribution in [0.25, 0.3) is 0 Å². The highest BCUT2D eigenvalue weighted by molar-refractivity contribution is 14.0. The highest BCUT2D eigenvalue weighted by atomic mass is 127. The summed E-state index contributed by atoms with van der Waals surface area (Å²) in [5, 5.41) is 6.89. The monoisotopic (exact) mass is 392 g/mol. The number of aliphatic imine (C=N–C) groups is 1. The van der Waals surface area contributed by atoms with Crippen molar-refractivity contribution in [2.45, 2.75) is 50.6 Å². The summed E-state index contributed by atoms with van der Waals surface area (Å²) in [6.45, 7) is 2.06. The average molecular weight is 392 g/mol. The number of guanidine groups is 1. The fourth-order valence-corrected chi connectivity index (χ4v) is 3.00. The third kappa shape index (κ3) is 5.60. The van der Waals surface area contributed by atoms with Crippen LogP contribution in [0.1, 0.15) is 38.5 Å². The van der Waals surface area contributed by atoms with Gasteiger partial charge in [0.2, 0.25) is 0 Å². The van der Waals surface area contributed by atoms with Crippen molar-refractivity contribution < 1.29 is 0 Å². The molecular formula is C15H29IN4. The highest BCUT2D eigenvalue weighted by Gasteiger charge is 2.19. The van der Waals surface area contributed by atoms with Crippen LogP contribution in [0.5, 0.6) is 0 Å². The second-order valence-corrected chi connectivity index (χ2v) is 5.70. The maximum atomic E-state index is 4.29. The van der Waals surface area contributed by atoms with E-state index in [-0.39, 0.29) is 24.0 Å². The molecule has 0 aromatic heterocycles. The molecule has 0 aliphatic heterocycles. The summed E-state index contributed by atoms with van der Waals surface area (Å²) in [7, 11) is 4.09. The smallest absolute Gasteiger partial charge is 0.191 e. The number of nitrogens with zero attached hydrogens (tertiary/aromatic N) is 2. The molecule has 0 amide bonds. The van der Waals surface area contributed by atoms with Crippen molar-refractivity contribution >= 4 is 29.9 Å². The Balaban J connectivity index is 0.00000200. The van der Waals surface area contributed by atoms with Gasteiger partial charge < -0.3 is 15.5 Å². The van der Waals surface area contributed by atoms with Gasteiger partial charge in [-0.15, -0.1) is 24.0 Å². The lowest BCUT2D eigenvalue weighted by atomic mass is 10.2. The molecule has 0 aromatic rings. The number of hydrogen-bond donors (Lipinski definition) is 2. The molecule has 0 unspecified atom stereocenters. The Hall–Kier alpha value is -0.300. The number of halogens is 1. The number of likely N-dealkylation sites (N-methyl/N-ethyl adjacent to an activating group) is 1. The highest BCUT2D eigenvalue weighted by Crippen LogP contribution is 2.21. The van der Waals surface area contributed by atoms with E-state index in [2.05, 4.69) is 39.7 Å². The molecule has 2 rings (SSSR count). The van der Waals surface area contributed by atoms with Crippen molar-refractivity contribution in [3.8, 4) is 0 Å². The Morgan fingerprint density at radius 3 is 2.50 bits per heavy atom. The Kier molecular flexibility index (Phi) is 8.52. The molecule has 2 N–H and O–H groups in total. The van der Waals surface area contributed by atoms with Crippen LogP contribution in [0.3, 0.4) is 0 Å². The van der Waals surface area contributed by atoms with E-state index in [1.807, 2.05) is 7.05 Å². The van der Waals surface area contributed by atoms with Gasteiger partial charge in [-0.3, -0.25) is 4.99 Å². The summed E-state index contributed by atoms with van der Waals surface area (Å²) in [4.78, 5) is 6.78. The Morgan fingerprint density at radius 2 is 1.90 bits per heavy atom. The van der Waals surface area contributed by atoms with Crippen molar-refractivity contribution in [2.24, 2.45) is 4.99 Å². The van der Waals surface area contributed by atoms with Gasteiger partial charge in [0.05, 0.1) is 0 Å². The van der Waals surface area contributed by atoms with Gasteiger partial charge in [0.15, 0.2) is 5.96 Å². The SMILES string of the molecule is CN=C(NCCN(C)C1CCCC1)NC1CC=CC1.I. The molecule has 4 nitrogen and oxygen atoms in total. The van der Waals surface area contributed by atoms with Gasteiger partial charge in [-0.1, -0.05) is 25.0 Å². The first kappa shape index (κ1) is 17.8. The zero-order valence-corrected chi connectivity index (χ0v) is 15.1. The number of hydrogen-bond acceptors (Lipinski definition) is 2. The lowest BCUT2D eigenvalue weighted by Crippen LogP contribution is -2.45. The molecular weight excluding hydrogens is 363 g/mol. The normalized spacial score (nSPS) is 20.4. The molecule has 0 heterocycles. The van der Waals surface area contributed by atoms with Crippen LogP contribution >= 0.6 is 24.0 Å². The van der Waals surface area contributed by atoms with Crippen LogP contribution in [0.4, 0.5) is 0 Å². The molecule has 0 bridgehead atoms. The predicted octanol–water partition coefficient (Wildman–Crippen LogP) is 2.36. The molecule has 0 spiro atoms. The summed E-state index contributed by atoms with van der Waals surface area (Å²) < 4.78 is 0. The van der Waals surface area contributed by atoms with Crippen LogP contribution in [0.15, 0.2) is 17.1 Å². The van der Waals surface area contributed by atoms with Crippen LogP contribution in [-0.4, -0.2) is 50.1 Å². The van der Waals surface area contributed by atoms with E-state index in [9.17, 15) is 0 Å². The Bertz CT molecular complexity index is 316. The largest absolute Gasteiger partial charge is 0.355 e. The first-order valence-electron chi connectivity index (χ1n) is 7.62. The molecule has 0 saturated heterocycles. The molecule has 5 heteroatoms. The second kappa shape index (κ2) is 9.60. The van der Waals surface area contributed by atoms with E-state index >= 15 is 0 Å². The van der Waals surface area contributed by atoms with Gasteiger partial charge in [0.1, 0.15) is 0 Å². The van der Waals surface area contributed by atoms with Crippen LogP contribution in [0, 0.1) is 0 Å². The van der Waals surface area contributed by atoms with Gasteiger partial charge in [-0.25, -0.2) is 0 Å². The Morgan fingerprint density at radius 1 is 1.25 bits per heavy atom. The molecule has 20 heavy (non-hydrogen) atoms. The minimum Gasteiger partial charge on any atom is -0.355 e. The van der Waals surface area contributed by atoms with Crippen molar-refractivity contribution in [1.82, 2.24) is 15.5 Å². The summed E-state index contributed by atoms with van der Waals surface area (Å²) in [5.41, 5.74) is 0. The molecule has 2 aliphatic rings. The molecule has 1 fully saturated rings. The zero-order chi connectivity index (χ0) is 13.5. The van der Waals surface area contributed by atoms with Crippen molar-refractivity contribution in [1.29, 1.82) is 0 Å². The first-order valence-corrected chi connectivity index (χ1v) is 7.62. The van der Waals surface area contributed by atoms with E-state index in [1.165, 1.54) is 25.7 Å². The summed E-state index contributed by atoms with van der Waals surface area (Å²) in [6, 6.07) is 1.33. The summed E-state index contributed by atoms with van der Waals surface area (Å²) in [6.07, 6.45) is 12.2. The van der Waals surface area contributed by atoms with Crippen molar-refractivity contribution in [3.05, 3.63) is 12.2 Å². The lowest BCUT2D eigenvalue weighted by molar-refractivity contribution is 0.249. The fraction of sp³-hybridized carbons (Fsp3) is 0.800. The molecule has 2 aliphatic carbocycles. The third-order valence-corrected chi connectivity index (χ3v) is 4.28. The first-order chi connectivity index (χ1) is 9.29. The van der Waals surface area contributed by atoms with Gasteiger partial charge in [-0.2, -0.15) is 0 Å². The maximum absolute atomic E-state index is 4.29. The topological polar surface area (TPSA) is 39.7 Å². The van der Waals surface area contributed by atoms with Crippen LogP contribution in [0.2, 0.25) is 0 Å². The van der Waals surface area contributed by atoms with E-state index in [4.69, 9.17) is 0 Å². The quantitative estimate of drug-likeness (QED) is 0.327. The average Bonchev–Trinajstić information content (AvgIpc) is 3.10. The molecule has 116 valence electrons.